The summed E-state index contributed by atoms with van der Waals surface area (Å²) in [7, 11) is 0. The summed E-state index contributed by atoms with van der Waals surface area (Å²) in [5.74, 6) is 2.66. The average molecular weight is 927 g/mol. The lowest BCUT2D eigenvalue weighted by atomic mass is 9.33. The molecule has 0 aromatic carbocycles. The summed E-state index contributed by atoms with van der Waals surface area (Å²) in [5.41, 5.74) is 0.625. The van der Waals surface area contributed by atoms with Crippen LogP contribution >= 0.6 is 0 Å². The molecule has 0 aromatic rings. The van der Waals surface area contributed by atoms with E-state index in [9.17, 15) is 25.2 Å². The van der Waals surface area contributed by atoms with Gasteiger partial charge in [-0.3, -0.25) is 9.59 Å². The first-order valence-electron chi connectivity index (χ1n) is 28.0. The van der Waals surface area contributed by atoms with Crippen molar-refractivity contribution in [3.8, 4) is 0 Å². The predicted octanol–water partition coefficient (Wildman–Crippen LogP) is 12.6. The number of aliphatic hydroxyl groups excluding tert-OH is 3. The maximum Gasteiger partial charge on any atom is 0.312 e. The lowest BCUT2D eigenvalue weighted by Gasteiger charge is -2.71. The number of allylic oxidation sites excluding steroid dienone is 4. The highest BCUT2D eigenvalue weighted by molar-refractivity contribution is 5.79. The monoisotopic (exact) mass is 927 g/mol. The van der Waals surface area contributed by atoms with Crippen LogP contribution in [0.4, 0.5) is 0 Å². The third kappa shape index (κ3) is 5.92. The number of aliphatic carboxylic acids is 1. The van der Waals surface area contributed by atoms with Gasteiger partial charge < -0.3 is 25.2 Å². The van der Waals surface area contributed by atoms with Gasteiger partial charge in [-0.05, 0) is 207 Å². The summed E-state index contributed by atoms with van der Waals surface area (Å²) in [4.78, 5) is 28.8. The van der Waals surface area contributed by atoms with Crippen molar-refractivity contribution in [1.29, 1.82) is 0 Å². The van der Waals surface area contributed by atoms with Gasteiger partial charge in [0, 0.05) is 10.8 Å². The second kappa shape index (κ2) is 15.4. The molecular weight excluding hydrogens is 833 g/mol. The van der Waals surface area contributed by atoms with Crippen LogP contribution in [0.15, 0.2) is 23.3 Å². The van der Waals surface area contributed by atoms with E-state index in [1.54, 1.807) is 0 Å². The number of carbonyl (C=O) groups is 2. The number of ether oxygens (including phenoxy) is 1. The molecule has 0 amide bonds. The van der Waals surface area contributed by atoms with Gasteiger partial charge in [-0.25, -0.2) is 0 Å². The second-order valence-electron chi connectivity index (χ2n) is 28.8. The molecule has 5 unspecified atom stereocenters. The van der Waals surface area contributed by atoms with E-state index < -0.39 is 39.8 Å². The van der Waals surface area contributed by atoms with Crippen molar-refractivity contribution in [2.45, 2.75) is 211 Å². The summed E-state index contributed by atoms with van der Waals surface area (Å²) >= 11 is 0. The van der Waals surface area contributed by atoms with Crippen molar-refractivity contribution >= 4 is 11.9 Å². The first-order chi connectivity index (χ1) is 31.3. The van der Waals surface area contributed by atoms with Crippen LogP contribution in [0.25, 0.3) is 0 Å². The van der Waals surface area contributed by atoms with Gasteiger partial charge in [0.2, 0.25) is 0 Å². The van der Waals surface area contributed by atoms with Gasteiger partial charge in [-0.15, -0.1) is 0 Å². The second-order valence-corrected chi connectivity index (χ2v) is 28.8. The Balaban J connectivity index is 0.936. The average Bonchev–Trinajstić information content (AvgIpc) is 3.28. The molecule has 10 aliphatic rings. The van der Waals surface area contributed by atoms with Crippen molar-refractivity contribution in [3.05, 3.63) is 23.3 Å². The third-order valence-corrected chi connectivity index (χ3v) is 27.2. The Labute approximate surface area is 405 Å². The molecule has 0 saturated heterocycles. The molecule has 0 aromatic heterocycles. The van der Waals surface area contributed by atoms with Gasteiger partial charge in [0.1, 0.15) is 0 Å². The number of carboxylic acid groups (broad SMARTS) is 1. The molecule has 4 N–H and O–H groups in total. The highest BCUT2D eigenvalue weighted by atomic mass is 16.5. The normalized spacial score (nSPS) is 57.8. The first-order valence-corrected chi connectivity index (χ1v) is 28.0. The van der Waals surface area contributed by atoms with Gasteiger partial charge in [-0.2, -0.15) is 0 Å². The summed E-state index contributed by atoms with van der Waals surface area (Å²) in [6, 6.07) is 0. The molecule has 8 fully saturated rings. The predicted molar refractivity (Wildman–Crippen MR) is 264 cm³/mol. The minimum absolute atomic E-state index is 0.0128. The number of esters is 1. The number of aliphatic hydroxyl groups is 3. The molecule has 10 rings (SSSR count). The molecule has 10 aliphatic carbocycles. The zero-order valence-corrected chi connectivity index (χ0v) is 44.2. The molecule has 7 heteroatoms. The van der Waals surface area contributed by atoms with Crippen LogP contribution in [-0.4, -0.2) is 57.8 Å². The third-order valence-electron chi connectivity index (χ3n) is 27.2. The van der Waals surface area contributed by atoms with Crippen LogP contribution in [-0.2, 0) is 14.3 Å². The first kappa shape index (κ1) is 48.9. The van der Waals surface area contributed by atoms with E-state index in [2.05, 4.69) is 95.2 Å². The topological polar surface area (TPSA) is 124 Å². The lowest BCUT2D eigenvalue weighted by molar-refractivity contribution is -0.227. The van der Waals surface area contributed by atoms with Crippen LogP contribution in [0.1, 0.15) is 199 Å². The molecule has 0 spiro atoms. The van der Waals surface area contributed by atoms with Crippen molar-refractivity contribution in [2.75, 3.05) is 13.2 Å². The Morgan fingerprint density at radius 1 is 0.552 bits per heavy atom. The number of fused-ring (bicyclic) bond motifs is 14. The van der Waals surface area contributed by atoms with Crippen LogP contribution in [0, 0.1) is 113 Å². The molecule has 376 valence electrons. The Kier molecular flexibility index (Phi) is 11.2. The number of carbonyl (C=O) groups excluding carboxylic acids is 1. The Bertz CT molecular complexity index is 2090. The summed E-state index contributed by atoms with van der Waals surface area (Å²) in [5, 5.41) is 45.3. The van der Waals surface area contributed by atoms with E-state index >= 15 is 4.79 Å². The molecule has 67 heavy (non-hydrogen) atoms. The fourth-order valence-electron chi connectivity index (χ4n) is 22.1. The van der Waals surface area contributed by atoms with Gasteiger partial charge in [0.15, 0.2) is 0 Å². The fourth-order valence-corrected chi connectivity index (χ4v) is 22.1. The molecular formula is C60H94O7. The number of hydrogen-bond acceptors (Lipinski definition) is 6. The maximum absolute atomic E-state index is 15.5. The van der Waals surface area contributed by atoms with Crippen LogP contribution in [0.3, 0.4) is 0 Å². The molecule has 0 radical (unpaired) electrons. The molecule has 0 aliphatic heterocycles. The highest BCUT2D eigenvalue weighted by Gasteiger charge is 2.73. The zero-order chi connectivity index (χ0) is 48.5. The molecule has 0 heterocycles. The molecule has 0 bridgehead atoms. The quantitative estimate of drug-likeness (QED) is 0.160. The minimum Gasteiger partial charge on any atom is -0.481 e. The van der Waals surface area contributed by atoms with Crippen molar-refractivity contribution in [2.24, 2.45) is 113 Å². The van der Waals surface area contributed by atoms with Gasteiger partial charge in [-0.1, -0.05) is 106 Å². The zero-order valence-electron chi connectivity index (χ0n) is 44.2. The van der Waals surface area contributed by atoms with E-state index in [0.717, 1.165) is 109 Å². The molecule has 8 saturated carbocycles. The minimum atomic E-state index is -0.655. The van der Waals surface area contributed by atoms with E-state index in [1.165, 1.54) is 11.1 Å². The van der Waals surface area contributed by atoms with Crippen molar-refractivity contribution < 1.29 is 34.8 Å². The van der Waals surface area contributed by atoms with Crippen molar-refractivity contribution in [3.63, 3.8) is 0 Å². The lowest BCUT2D eigenvalue weighted by Crippen LogP contribution is -2.67. The summed E-state index contributed by atoms with van der Waals surface area (Å²) in [6.45, 7) is 29.5. The molecule has 7 nitrogen and oxygen atoms in total. The standard InChI is InChI=1S/C60H94O7/c1-35-17-27-59(49(64)65)31-29-55(9)39(47(59)37(35)3)13-15-44-52(6)24-22-46(63)54(8,42(52)20-26-58(44,55)12)34-67-50(66)60-28-18-36(2)38(4)48(60)40-14-16-43-51(5)23-21-45(62)53(7,33-61)41(51)19-25-57(43,11)56(40,10)30-32-60/h13-14,35-38,41-48,61-63H,15-34H2,1-12H3,(H,64,65)/t35-,36-,37+,38+,41?,42?,43?,44-,45+,46+,47+,48+,51+,52+,53?,54?,55-,56-,57-,58-,59+,60+/m1/s1. The Morgan fingerprint density at radius 3 is 1.46 bits per heavy atom. The summed E-state index contributed by atoms with van der Waals surface area (Å²) < 4.78 is 6.95. The van der Waals surface area contributed by atoms with Gasteiger partial charge in [0.25, 0.3) is 0 Å². The molecule has 22 atom stereocenters. The van der Waals surface area contributed by atoms with Crippen molar-refractivity contribution in [1.82, 2.24) is 0 Å². The largest absolute Gasteiger partial charge is 0.481 e. The van der Waals surface area contributed by atoms with Crippen LogP contribution in [0.5, 0.6) is 0 Å². The van der Waals surface area contributed by atoms with E-state index in [1.807, 2.05) is 0 Å². The van der Waals surface area contributed by atoms with E-state index in [4.69, 9.17) is 4.74 Å². The number of carboxylic acids is 1. The number of rotatable bonds is 5. The Morgan fingerprint density at radius 2 is 0.985 bits per heavy atom. The smallest absolute Gasteiger partial charge is 0.312 e. The van der Waals surface area contributed by atoms with Gasteiger partial charge in [0.05, 0.1) is 36.3 Å². The van der Waals surface area contributed by atoms with E-state index in [0.29, 0.717) is 41.9 Å². The van der Waals surface area contributed by atoms with Gasteiger partial charge >= 0.3 is 11.9 Å². The Hall–Kier alpha value is -1.70. The summed E-state index contributed by atoms with van der Waals surface area (Å²) in [6.07, 6.45) is 20.8. The SMILES string of the molecule is C[C@H]1[C@H](C)CC[C@]2(C(=O)O)CC[C@]3(C)C(=CC[C@@H]4[C@@]5(C)CC[C@H](O)C(C)(COC(=O)[C@]67CC[C@@H](C)[C@H](C)[C@H]6C6=CCC8[C@@]9(C)CC[C@H](O)C(C)(CO)C9CC[C@@]8(C)[C@]6(C)CC7)C5CC[C@]43C)[C@H]12. The van der Waals surface area contributed by atoms with Crippen LogP contribution in [0.2, 0.25) is 0 Å². The number of hydrogen-bond donors (Lipinski definition) is 4. The fraction of sp³-hybridized carbons (Fsp3) is 0.900. The van der Waals surface area contributed by atoms with Crippen LogP contribution < -0.4 is 0 Å². The highest BCUT2D eigenvalue weighted by Crippen LogP contribution is 2.78. The maximum atomic E-state index is 15.5. The van der Waals surface area contributed by atoms with E-state index in [-0.39, 0.29) is 75.3 Å².